The Bertz CT molecular complexity index is 698. The van der Waals surface area contributed by atoms with Crippen LogP contribution in [0.5, 0.6) is 5.75 Å². The summed E-state index contributed by atoms with van der Waals surface area (Å²) < 4.78 is 10.2. The maximum Gasteiger partial charge on any atom is 0.331 e. The van der Waals surface area contributed by atoms with E-state index in [2.05, 4.69) is 0 Å². The first-order valence-corrected chi connectivity index (χ1v) is 7.71. The second-order valence-corrected chi connectivity index (χ2v) is 5.49. The number of hydrogen-bond acceptors (Lipinski definition) is 3. The van der Waals surface area contributed by atoms with Crippen molar-refractivity contribution in [3.8, 4) is 5.75 Å². The minimum absolute atomic E-state index is 0.333. The highest BCUT2D eigenvalue weighted by Crippen LogP contribution is 2.28. The van der Waals surface area contributed by atoms with Gasteiger partial charge in [-0.1, -0.05) is 29.8 Å². The van der Waals surface area contributed by atoms with Crippen LogP contribution >= 0.6 is 11.6 Å². The lowest BCUT2D eigenvalue weighted by atomic mass is 9.96. The normalized spacial score (nSPS) is 11.2. The van der Waals surface area contributed by atoms with E-state index in [1.807, 2.05) is 49.4 Å². The van der Waals surface area contributed by atoms with Crippen LogP contribution in [0.4, 0.5) is 0 Å². The van der Waals surface area contributed by atoms with Gasteiger partial charge in [0.15, 0.2) is 0 Å². The lowest BCUT2D eigenvalue weighted by Crippen LogP contribution is -2.02. The van der Waals surface area contributed by atoms with E-state index in [-0.39, 0.29) is 5.97 Å². The first-order valence-electron chi connectivity index (χ1n) is 7.34. The molecular weight excluding hydrogens is 312 g/mol. The van der Waals surface area contributed by atoms with Crippen LogP contribution in [0.25, 0.3) is 5.57 Å². The van der Waals surface area contributed by atoms with Crippen molar-refractivity contribution < 1.29 is 14.3 Å². The Balaban J connectivity index is 2.52. The highest BCUT2D eigenvalue weighted by Gasteiger charge is 2.10. The molecule has 0 fully saturated rings. The summed E-state index contributed by atoms with van der Waals surface area (Å²) in [5, 5.41) is 0.628. The van der Waals surface area contributed by atoms with Crippen molar-refractivity contribution in [1.82, 2.24) is 0 Å². The number of rotatable bonds is 5. The van der Waals surface area contributed by atoms with Gasteiger partial charge in [0.2, 0.25) is 0 Å². The molecule has 2 aromatic rings. The largest absolute Gasteiger partial charge is 0.497 e. The third-order valence-corrected chi connectivity index (χ3v) is 3.52. The quantitative estimate of drug-likeness (QED) is 0.591. The van der Waals surface area contributed by atoms with Crippen molar-refractivity contribution in [3.05, 3.63) is 70.3 Å². The fourth-order valence-corrected chi connectivity index (χ4v) is 2.59. The van der Waals surface area contributed by atoms with E-state index in [9.17, 15) is 4.79 Å². The van der Waals surface area contributed by atoms with E-state index >= 15 is 0 Å². The summed E-state index contributed by atoms with van der Waals surface area (Å²) >= 11 is 6.16. The first-order chi connectivity index (χ1) is 11.0. The summed E-state index contributed by atoms with van der Waals surface area (Å²) in [6, 6.07) is 13.2. The molecule has 0 atom stereocenters. The van der Waals surface area contributed by atoms with Gasteiger partial charge in [0, 0.05) is 11.1 Å². The fraction of sp³-hybridized carbons (Fsp3) is 0.211. The zero-order valence-corrected chi connectivity index (χ0v) is 14.2. The summed E-state index contributed by atoms with van der Waals surface area (Å²) in [6.07, 6.45) is 1.50. The fourth-order valence-electron chi connectivity index (χ4n) is 2.30. The number of halogens is 1. The molecule has 0 aliphatic rings. The van der Waals surface area contributed by atoms with Gasteiger partial charge in [-0.2, -0.15) is 0 Å². The van der Waals surface area contributed by atoms with E-state index in [4.69, 9.17) is 21.1 Å². The second kappa shape index (κ2) is 7.84. The minimum Gasteiger partial charge on any atom is -0.497 e. The van der Waals surface area contributed by atoms with Gasteiger partial charge in [-0.05, 0) is 60.4 Å². The van der Waals surface area contributed by atoms with Gasteiger partial charge in [0.05, 0.1) is 13.7 Å². The Morgan fingerprint density at radius 1 is 1.13 bits per heavy atom. The van der Waals surface area contributed by atoms with Crippen molar-refractivity contribution in [1.29, 1.82) is 0 Å². The molecule has 3 nitrogen and oxygen atoms in total. The lowest BCUT2D eigenvalue weighted by molar-refractivity contribution is -0.137. The number of methoxy groups -OCH3 is 1. The van der Waals surface area contributed by atoms with E-state index < -0.39 is 0 Å². The molecule has 0 heterocycles. The first kappa shape index (κ1) is 17.1. The van der Waals surface area contributed by atoms with Crippen molar-refractivity contribution in [2.45, 2.75) is 13.8 Å². The molecule has 0 aliphatic heterocycles. The average molecular weight is 331 g/mol. The molecule has 0 N–H and O–H groups in total. The monoisotopic (exact) mass is 330 g/mol. The maximum absolute atomic E-state index is 11.9. The smallest absolute Gasteiger partial charge is 0.331 e. The molecule has 23 heavy (non-hydrogen) atoms. The van der Waals surface area contributed by atoms with Gasteiger partial charge in [0.25, 0.3) is 0 Å². The molecule has 0 aromatic heterocycles. The van der Waals surface area contributed by atoms with Crippen LogP contribution in [0.2, 0.25) is 5.02 Å². The van der Waals surface area contributed by atoms with Crippen molar-refractivity contribution >= 4 is 23.1 Å². The molecule has 2 rings (SSSR count). The summed E-state index contributed by atoms with van der Waals surface area (Å²) in [7, 11) is 1.62. The average Bonchev–Trinajstić information content (AvgIpc) is 2.52. The molecule has 2 aromatic carbocycles. The third kappa shape index (κ3) is 4.60. The standard InChI is InChI=1S/C19H19ClO3/c1-4-23-19(21)12-18(14-5-7-17(22-3)8-6-14)15-9-13(2)10-16(20)11-15/h5-12H,4H2,1-3H3/b18-12+. The zero-order chi connectivity index (χ0) is 16.8. The van der Waals surface area contributed by atoms with E-state index in [1.54, 1.807) is 14.0 Å². The van der Waals surface area contributed by atoms with Crippen LogP contribution in [0.15, 0.2) is 48.5 Å². The number of ether oxygens (including phenoxy) is 2. The van der Waals surface area contributed by atoms with E-state index in [0.29, 0.717) is 11.6 Å². The molecule has 0 saturated heterocycles. The maximum atomic E-state index is 11.9. The van der Waals surface area contributed by atoms with Gasteiger partial charge in [-0.3, -0.25) is 0 Å². The molecular formula is C19H19ClO3. The number of hydrogen-bond donors (Lipinski definition) is 0. The van der Waals surface area contributed by atoms with Crippen LogP contribution in [0.1, 0.15) is 23.6 Å². The van der Waals surface area contributed by atoms with E-state index in [1.165, 1.54) is 6.08 Å². The Labute approximate surface area is 141 Å². The minimum atomic E-state index is -0.379. The van der Waals surface area contributed by atoms with Gasteiger partial charge >= 0.3 is 5.97 Å². The van der Waals surface area contributed by atoms with Crippen LogP contribution in [0.3, 0.4) is 0 Å². The Kier molecular flexibility index (Phi) is 5.83. The summed E-state index contributed by atoms with van der Waals surface area (Å²) in [6.45, 7) is 4.08. The summed E-state index contributed by atoms with van der Waals surface area (Å²) in [5.41, 5.74) is 3.54. The van der Waals surface area contributed by atoms with Crippen LogP contribution in [-0.4, -0.2) is 19.7 Å². The van der Waals surface area contributed by atoms with Crippen molar-refractivity contribution in [3.63, 3.8) is 0 Å². The van der Waals surface area contributed by atoms with Crippen molar-refractivity contribution in [2.24, 2.45) is 0 Å². The van der Waals surface area contributed by atoms with Gasteiger partial charge < -0.3 is 9.47 Å². The third-order valence-electron chi connectivity index (χ3n) is 3.30. The molecule has 0 spiro atoms. The lowest BCUT2D eigenvalue weighted by Gasteiger charge is -2.11. The highest BCUT2D eigenvalue weighted by molar-refractivity contribution is 6.30. The van der Waals surface area contributed by atoms with Gasteiger partial charge in [-0.15, -0.1) is 0 Å². The van der Waals surface area contributed by atoms with Crippen LogP contribution in [0, 0.1) is 6.92 Å². The number of aryl methyl sites for hydroxylation is 1. The Hall–Kier alpha value is -2.26. The number of carbonyl (C=O) groups is 1. The molecule has 0 unspecified atom stereocenters. The Morgan fingerprint density at radius 2 is 1.83 bits per heavy atom. The second-order valence-electron chi connectivity index (χ2n) is 5.06. The predicted octanol–water partition coefficient (Wildman–Crippen LogP) is 4.65. The topological polar surface area (TPSA) is 35.5 Å². The summed E-state index contributed by atoms with van der Waals surface area (Å²) in [4.78, 5) is 11.9. The van der Waals surface area contributed by atoms with Crippen molar-refractivity contribution in [2.75, 3.05) is 13.7 Å². The van der Waals surface area contributed by atoms with Crippen LogP contribution < -0.4 is 4.74 Å². The molecule has 120 valence electrons. The van der Waals surface area contributed by atoms with Crippen LogP contribution in [-0.2, 0) is 9.53 Å². The SMILES string of the molecule is CCOC(=O)/C=C(\c1ccc(OC)cc1)c1cc(C)cc(Cl)c1. The van der Waals surface area contributed by atoms with Gasteiger partial charge in [0.1, 0.15) is 5.75 Å². The predicted molar refractivity (Wildman–Crippen MR) is 92.9 cm³/mol. The molecule has 0 amide bonds. The molecule has 0 radical (unpaired) electrons. The van der Waals surface area contributed by atoms with E-state index in [0.717, 1.165) is 28.0 Å². The number of esters is 1. The van der Waals surface area contributed by atoms with Gasteiger partial charge in [-0.25, -0.2) is 4.79 Å². The molecule has 0 saturated carbocycles. The Morgan fingerprint density at radius 3 is 2.39 bits per heavy atom. The number of carbonyl (C=O) groups excluding carboxylic acids is 1. The summed E-state index contributed by atoms with van der Waals surface area (Å²) in [5.74, 6) is 0.377. The molecule has 4 heteroatoms. The molecule has 0 aliphatic carbocycles. The highest BCUT2D eigenvalue weighted by atomic mass is 35.5. The number of benzene rings is 2. The zero-order valence-electron chi connectivity index (χ0n) is 13.4. The molecule has 0 bridgehead atoms.